The molecule has 106 valence electrons. The lowest BCUT2D eigenvalue weighted by Crippen LogP contribution is -2.22. The molecule has 19 heavy (non-hydrogen) atoms. The van der Waals surface area contributed by atoms with Crippen molar-refractivity contribution in [3.8, 4) is 0 Å². The lowest BCUT2D eigenvalue weighted by atomic mass is 9.87. The molecule has 2 rings (SSSR count). The van der Waals surface area contributed by atoms with Gasteiger partial charge in [-0.05, 0) is 59.4 Å². The summed E-state index contributed by atoms with van der Waals surface area (Å²) in [5.41, 5.74) is 1.14. The van der Waals surface area contributed by atoms with Crippen molar-refractivity contribution in [1.82, 2.24) is 5.32 Å². The van der Waals surface area contributed by atoms with Crippen LogP contribution in [0.3, 0.4) is 0 Å². The maximum atomic E-state index is 13.2. The van der Waals surface area contributed by atoms with Crippen molar-refractivity contribution in [2.45, 2.75) is 51.5 Å². The minimum Gasteiger partial charge on any atom is -0.310 e. The van der Waals surface area contributed by atoms with Crippen LogP contribution < -0.4 is 5.32 Å². The van der Waals surface area contributed by atoms with E-state index in [0.29, 0.717) is 4.47 Å². The number of hydrogen-bond acceptors (Lipinski definition) is 1. The van der Waals surface area contributed by atoms with E-state index >= 15 is 0 Å². The molecule has 1 aliphatic rings. The predicted molar refractivity (Wildman–Crippen MR) is 81.7 cm³/mol. The third kappa shape index (κ3) is 4.57. The maximum absolute atomic E-state index is 13.2. The van der Waals surface area contributed by atoms with Crippen molar-refractivity contribution in [2.24, 2.45) is 5.92 Å². The Bertz CT molecular complexity index is 402. The van der Waals surface area contributed by atoms with E-state index in [1.165, 1.54) is 44.6 Å². The highest BCUT2D eigenvalue weighted by Crippen LogP contribution is 2.26. The van der Waals surface area contributed by atoms with Gasteiger partial charge in [-0.15, -0.1) is 0 Å². The van der Waals surface area contributed by atoms with E-state index in [4.69, 9.17) is 0 Å². The van der Waals surface area contributed by atoms with Crippen molar-refractivity contribution in [3.63, 3.8) is 0 Å². The molecule has 1 atom stereocenters. The molecule has 0 spiro atoms. The molecule has 3 heteroatoms. The van der Waals surface area contributed by atoms with E-state index in [0.717, 1.165) is 18.0 Å². The summed E-state index contributed by atoms with van der Waals surface area (Å²) in [7, 11) is 0. The molecule has 1 fully saturated rings. The first kappa shape index (κ1) is 15.0. The van der Waals surface area contributed by atoms with Crippen molar-refractivity contribution < 1.29 is 4.39 Å². The van der Waals surface area contributed by atoms with E-state index in [9.17, 15) is 4.39 Å². The van der Waals surface area contributed by atoms with Gasteiger partial charge in [0.25, 0.3) is 0 Å². The number of nitrogens with one attached hydrogen (secondary N) is 1. The van der Waals surface area contributed by atoms with Gasteiger partial charge >= 0.3 is 0 Å². The number of halogens is 2. The molecule has 0 bridgehead atoms. The van der Waals surface area contributed by atoms with Crippen LogP contribution in [0.1, 0.15) is 57.1 Å². The average molecular weight is 328 g/mol. The molecule has 0 aromatic heterocycles. The zero-order chi connectivity index (χ0) is 13.7. The van der Waals surface area contributed by atoms with Gasteiger partial charge in [-0.1, -0.05) is 38.2 Å². The highest BCUT2D eigenvalue weighted by atomic mass is 79.9. The Balaban J connectivity index is 1.76. The fourth-order valence-corrected chi connectivity index (χ4v) is 3.28. The van der Waals surface area contributed by atoms with Crippen LogP contribution in [0.25, 0.3) is 0 Å². The number of benzene rings is 1. The van der Waals surface area contributed by atoms with Gasteiger partial charge in [-0.3, -0.25) is 0 Å². The molecule has 0 amide bonds. The Morgan fingerprint density at radius 3 is 2.74 bits per heavy atom. The van der Waals surface area contributed by atoms with E-state index in [-0.39, 0.29) is 11.9 Å². The van der Waals surface area contributed by atoms with E-state index < -0.39 is 0 Å². The van der Waals surface area contributed by atoms with Crippen molar-refractivity contribution in [1.29, 1.82) is 0 Å². The Kier molecular flexibility index (Phi) is 5.83. The summed E-state index contributed by atoms with van der Waals surface area (Å²) in [4.78, 5) is 0. The Morgan fingerprint density at radius 2 is 2.05 bits per heavy atom. The minimum absolute atomic E-state index is 0.196. The molecular formula is C16H23BrFN. The molecule has 0 saturated heterocycles. The van der Waals surface area contributed by atoms with Crippen LogP contribution in [0.4, 0.5) is 4.39 Å². The van der Waals surface area contributed by atoms with E-state index in [1.54, 1.807) is 0 Å². The second-order valence-electron chi connectivity index (χ2n) is 5.64. The zero-order valence-electron chi connectivity index (χ0n) is 11.6. The minimum atomic E-state index is -0.196. The monoisotopic (exact) mass is 327 g/mol. The molecule has 1 saturated carbocycles. The van der Waals surface area contributed by atoms with Crippen LogP contribution in [0.5, 0.6) is 0 Å². The highest BCUT2D eigenvalue weighted by molar-refractivity contribution is 9.10. The fraction of sp³-hybridized carbons (Fsp3) is 0.625. The fourth-order valence-electron chi connectivity index (χ4n) is 2.88. The molecule has 0 aliphatic heterocycles. The van der Waals surface area contributed by atoms with Crippen LogP contribution in [-0.4, -0.2) is 6.54 Å². The third-order valence-corrected chi connectivity index (χ3v) is 4.78. The van der Waals surface area contributed by atoms with Crippen molar-refractivity contribution in [2.75, 3.05) is 6.54 Å². The second-order valence-corrected chi connectivity index (χ2v) is 6.50. The first-order valence-corrected chi connectivity index (χ1v) is 8.14. The second kappa shape index (κ2) is 7.39. The topological polar surface area (TPSA) is 12.0 Å². The number of hydrogen-bond donors (Lipinski definition) is 1. The molecular weight excluding hydrogens is 305 g/mol. The van der Waals surface area contributed by atoms with E-state index in [1.807, 2.05) is 12.1 Å². The summed E-state index contributed by atoms with van der Waals surface area (Å²) in [6, 6.07) is 5.53. The predicted octanol–water partition coefficient (Wildman–Crippen LogP) is 5.21. The van der Waals surface area contributed by atoms with Crippen molar-refractivity contribution in [3.05, 3.63) is 34.1 Å². The van der Waals surface area contributed by atoms with Crippen LogP contribution in [0.2, 0.25) is 0 Å². The Labute approximate surface area is 124 Å². The van der Waals surface area contributed by atoms with Crippen LogP contribution in [0.15, 0.2) is 22.7 Å². The summed E-state index contributed by atoms with van der Waals surface area (Å²) in [6.45, 7) is 3.20. The Morgan fingerprint density at radius 1 is 1.32 bits per heavy atom. The smallest absolute Gasteiger partial charge is 0.137 e. The zero-order valence-corrected chi connectivity index (χ0v) is 13.2. The van der Waals surface area contributed by atoms with Gasteiger partial charge in [0.15, 0.2) is 0 Å². The highest BCUT2D eigenvalue weighted by Gasteiger charge is 2.13. The molecule has 1 aromatic rings. The van der Waals surface area contributed by atoms with Gasteiger partial charge in [-0.2, -0.15) is 0 Å². The lowest BCUT2D eigenvalue weighted by Gasteiger charge is -2.22. The van der Waals surface area contributed by atoms with Gasteiger partial charge in [0.2, 0.25) is 0 Å². The molecule has 1 aromatic carbocycles. The average Bonchev–Trinajstić information content (AvgIpc) is 2.43. The normalized spacial score (nSPS) is 18.5. The van der Waals surface area contributed by atoms with E-state index in [2.05, 4.69) is 28.2 Å². The first-order chi connectivity index (χ1) is 9.16. The lowest BCUT2D eigenvalue weighted by molar-refractivity contribution is 0.329. The summed E-state index contributed by atoms with van der Waals surface area (Å²) in [5, 5.41) is 3.55. The van der Waals surface area contributed by atoms with Crippen LogP contribution in [-0.2, 0) is 0 Å². The van der Waals surface area contributed by atoms with Gasteiger partial charge in [0.1, 0.15) is 5.82 Å². The van der Waals surface area contributed by atoms with Gasteiger partial charge in [0.05, 0.1) is 4.47 Å². The molecule has 1 unspecified atom stereocenters. The molecule has 1 nitrogen and oxygen atoms in total. The first-order valence-electron chi connectivity index (χ1n) is 7.35. The third-order valence-electron chi connectivity index (χ3n) is 4.17. The Hall–Kier alpha value is -0.410. The van der Waals surface area contributed by atoms with Gasteiger partial charge in [0, 0.05) is 6.04 Å². The number of rotatable bonds is 5. The summed E-state index contributed by atoms with van der Waals surface area (Å²) in [6.07, 6.45) is 8.31. The molecule has 0 radical (unpaired) electrons. The van der Waals surface area contributed by atoms with Gasteiger partial charge in [-0.25, -0.2) is 4.39 Å². The molecule has 0 heterocycles. The maximum Gasteiger partial charge on any atom is 0.137 e. The van der Waals surface area contributed by atoms with Gasteiger partial charge < -0.3 is 5.32 Å². The molecule has 1 N–H and O–H groups in total. The largest absolute Gasteiger partial charge is 0.310 e. The quantitative estimate of drug-likeness (QED) is 0.782. The van der Waals surface area contributed by atoms with Crippen molar-refractivity contribution >= 4 is 15.9 Å². The summed E-state index contributed by atoms with van der Waals surface area (Å²) >= 11 is 3.24. The summed E-state index contributed by atoms with van der Waals surface area (Å²) in [5.74, 6) is 0.714. The van der Waals surface area contributed by atoms with Crippen LogP contribution >= 0.6 is 15.9 Å². The summed E-state index contributed by atoms with van der Waals surface area (Å²) < 4.78 is 13.7. The van der Waals surface area contributed by atoms with Crippen LogP contribution in [0, 0.1) is 11.7 Å². The standard InChI is InChI=1S/C16H23BrFN/c1-12(14-7-8-16(18)15(17)11-14)19-10-9-13-5-3-2-4-6-13/h7-8,11-13,19H,2-6,9-10H2,1H3. The SMILES string of the molecule is CC(NCCC1CCCCC1)c1ccc(F)c(Br)c1. The molecule has 1 aliphatic carbocycles.